The lowest BCUT2D eigenvalue weighted by Crippen LogP contribution is -2.30. The van der Waals surface area contributed by atoms with E-state index in [1.807, 2.05) is 17.5 Å². The van der Waals surface area contributed by atoms with Crippen LogP contribution in [-0.2, 0) is 14.8 Å². The average molecular weight is 367 g/mol. The zero-order chi connectivity index (χ0) is 17.0. The standard InChI is InChI=1S/C17H21NO4S2/c1-21-11-12-22-14-6-8-15(9-7-14)24(19,20)18-10-2-4-16(18)17-5-3-13-23-17/h3,5-9,13,16H,2,4,10-12H2,1H3. The van der Waals surface area contributed by atoms with Gasteiger partial charge in [0, 0.05) is 18.5 Å². The smallest absolute Gasteiger partial charge is 0.243 e. The molecular weight excluding hydrogens is 346 g/mol. The molecule has 2 aromatic rings. The highest BCUT2D eigenvalue weighted by atomic mass is 32.2. The van der Waals surface area contributed by atoms with Crippen LogP contribution >= 0.6 is 11.3 Å². The Morgan fingerprint density at radius 3 is 2.67 bits per heavy atom. The number of hydrogen-bond donors (Lipinski definition) is 0. The Morgan fingerprint density at radius 2 is 2.00 bits per heavy atom. The Labute approximate surface area is 146 Å². The van der Waals surface area contributed by atoms with E-state index in [0.29, 0.717) is 30.4 Å². The van der Waals surface area contributed by atoms with E-state index in [2.05, 4.69) is 0 Å². The van der Waals surface area contributed by atoms with Gasteiger partial charge in [-0.25, -0.2) is 8.42 Å². The monoisotopic (exact) mass is 367 g/mol. The van der Waals surface area contributed by atoms with Gasteiger partial charge in [-0.15, -0.1) is 11.3 Å². The Balaban J connectivity index is 1.77. The minimum absolute atomic E-state index is 0.0485. The first kappa shape index (κ1) is 17.4. The SMILES string of the molecule is COCCOc1ccc(S(=O)(=O)N2CCCC2c2cccs2)cc1. The van der Waals surface area contributed by atoms with Gasteiger partial charge in [-0.2, -0.15) is 4.31 Å². The van der Waals surface area contributed by atoms with E-state index in [9.17, 15) is 8.42 Å². The molecule has 1 aromatic carbocycles. The summed E-state index contributed by atoms with van der Waals surface area (Å²) in [5.74, 6) is 0.641. The fourth-order valence-electron chi connectivity index (χ4n) is 2.88. The second kappa shape index (κ2) is 7.65. The van der Waals surface area contributed by atoms with Gasteiger partial charge < -0.3 is 9.47 Å². The highest BCUT2D eigenvalue weighted by Crippen LogP contribution is 2.38. The summed E-state index contributed by atoms with van der Waals surface area (Å²) in [6.45, 7) is 1.50. The molecule has 2 heterocycles. The first-order valence-corrected chi connectivity index (χ1v) is 10.2. The van der Waals surface area contributed by atoms with Gasteiger partial charge in [0.1, 0.15) is 12.4 Å². The molecule has 1 fully saturated rings. The van der Waals surface area contributed by atoms with Gasteiger partial charge >= 0.3 is 0 Å². The molecule has 0 N–H and O–H groups in total. The van der Waals surface area contributed by atoms with Crippen molar-refractivity contribution in [2.75, 3.05) is 26.9 Å². The lowest BCUT2D eigenvalue weighted by atomic mass is 10.2. The summed E-state index contributed by atoms with van der Waals surface area (Å²) >= 11 is 1.61. The van der Waals surface area contributed by atoms with Crippen LogP contribution in [0.4, 0.5) is 0 Å². The Hall–Kier alpha value is -1.41. The van der Waals surface area contributed by atoms with E-state index < -0.39 is 10.0 Å². The molecule has 0 aliphatic carbocycles. The third-order valence-corrected chi connectivity index (χ3v) is 6.96. The summed E-state index contributed by atoms with van der Waals surface area (Å²) < 4.78 is 38.0. The molecule has 1 aromatic heterocycles. The van der Waals surface area contributed by atoms with Crippen molar-refractivity contribution in [3.05, 3.63) is 46.7 Å². The van der Waals surface area contributed by atoms with Crippen molar-refractivity contribution in [1.82, 2.24) is 4.31 Å². The maximum Gasteiger partial charge on any atom is 0.243 e. The summed E-state index contributed by atoms with van der Waals surface area (Å²) in [5.41, 5.74) is 0. The normalized spacial score (nSPS) is 18.8. The number of hydrogen-bond acceptors (Lipinski definition) is 5. The lowest BCUT2D eigenvalue weighted by Gasteiger charge is -2.23. The van der Waals surface area contributed by atoms with Gasteiger partial charge in [-0.1, -0.05) is 6.07 Å². The highest BCUT2D eigenvalue weighted by Gasteiger charge is 2.36. The van der Waals surface area contributed by atoms with Crippen LogP contribution in [0.2, 0.25) is 0 Å². The maximum atomic E-state index is 13.0. The maximum absolute atomic E-state index is 13.0. The average Bonchev–Trinajstić information content (AvgIpc) is 3.27. The summed E-state index contributed by atoms with van der Waals surface area (Å²) in [6, 6.07) is 10.5. The predicted octanol–water partition coefficient (Wildman–Crippen LogP) is 3.30. The minimum Gasteiger partial charge on any atom is -0.491 e. The number of rotatable bonds is 7. The fraction of sp³-hybridized carbons (Fsp3) is 0.412. The number of sulfonamides is 1. The Bertz CT molecular complexity index is 741. The van der Waals surface area contributed by atoms with Crippen molar-refractivity contribution in [2.45, 2.75) is 23.8 Å². The molecule has 0 amide bonds. The van der Waals surface area contributed by atoms with Gasteiger partial charge in [-0.05, 0) is 48.6 Å². The van der Waals surface area contributed by atoms with Crippen LogP contribution in [0.25, 0.3) is 0 Å². The van der Waals surface area contributed by atoms with Crippen molar-refractivity contribution < 1.29 is 17.9 Å². The topological polar surface area (TPSA) is 55.8 Å². The third-order valence-electron chi connectivity index (χ3n) is 4.06. The van der Waals surface area contributed by atoms with E-state index in [1.165, 1.54) is 0 Å². The summed E-state index contributed by atoms with van der Waals surface area (Å²) in [5, 5.41) is 1.99. The van der Waals surface area contributed by atoms with Gasteiger partial charge in [0.2, 0.25) is 10.0 Å². The Kier molecular flexibility index (Phi) is 5.55. The summed E-state index contributed by atoms with van der Waals surface area (Å²) in [6.07, 6.45) is 1.76. The van der Waals surface area contributed by atoms with E-state index >= 15 is 0 Å². The molecule has 1 saturated heterocycles. The van der Waals surface area contributed by atoms with Gasteiger partial charge in [0.15, 0.2) is 0 Å². The van der Waals surface area contributed by atoms with Crippen molar-refractivity contribution in [3.63, 3.8) is 0 Å². The Morgan fingerprint density at radius 1 is 1.21 bits per heavy atom. The number of benzene rings is 1. The first-order chi connectivity index (χ1) is 11.6. The zero-order valence-corrected chi connectivity index (χ0v) is 15.2. The fourth-order valence-corrected chi connectivity index (χ4v) is 5.49. The van der Waals surface area contributed by atoms with Crippen molar-refractivity contribution in [1.29, 1.82) is 0 Å². The van der Waals surface area contributed by atoms with E-state index in [0.717, 1.165) is 17.7 Å². The molecule has 1 aliphatic rings. The lowest BCUT2D eigenvalue weighted by molar-refractivity contribution is 0.146. The second-order valence-corrected chi connectivity index (χ2v) is 8.47. The van der Waals surface area contributed by atoms with Crippen molar-refractivity contribution >= 4 is 21.4 Å². The molecule has 0 saturated carbocycles. The molecule has 7 heteroatoms. The molecule has 0 radical (unpaired) electrons. The van der Waals surface area contributed by atoms with Crippen LogP contribution in [0.3, 0.4) is 0 Å². The van der Waals surface area contributed by atoms with Crippen molar-refractivity contribution in [2.24, 2.45) is 0 Å². The summed E-state index contributed by atoms with van der Waals surface area (Å²) in [4.78, 5) is 1.42. The predicted molar refractivity (Wildman–Crippen MR) is 94.0 cm³/mol. The third kappa shape index (κ3) is 3.64. The second-order valence-electron chi connectivity index (χ2n) is 5.60. The molecule has 130 valence electrons. The van der Waals surface area contributed by atoms with Crippen LogP contribution < -0.4 is 4.74 Å². The first-order valence-electron chi connectivity index (χ1n) is 7.90. The van der Waals surface area contributed by atoms with Gasteiger partial charge in [0.05, 0.1) is 17.5 Å². The molecule has 0 bridgehead atoms. The molecule has 0 spiro atoms. The largest absolute Gasteiger partial charge is 0.491 e. The van der Waals surface area contributed by atoms with Crippen LogP contribution in [0.5, 0.6) is 5.75 Å². The molecule has 1 atom stereocenters. The summed E-state index contributed by atoms with van der Waals surface area (Å²) in [7, 11) is -1.89. The van der Waals surface area contributed by atoms with Crippen LogP contribution in [0.1, 0.15) is 23.8 Å². The zero-order valence-electron chi connectivity index (χ0n) is 13.6. The number of ether oxygens (including phenoxy) is 2. The number of methoxy groups -OCH3 is 1. The molecule has 5 nitrogen and oxygen atoms in total. The number of thiophene rings is 1. The van der Waals surface area contributed by atoms with Crippen molar-refractivity contribution in [3.8, 4) is 5.75 Å². The van der Waals surface area contributed by atoms with Crippen LogP contribution in [0, 0.1) is 0 Å². The van der Waals surface area contributed by atoms with Gasteiger partial charge in [0.25, 0.3) is 0 Å². The molecule has 1 aliphatic heterocycles. The molecular formula is C17H21NO4S2. The number of nitrogens with zero attached hydrogens (tertiary/aromatic N) is 1. The molecule has 1 unspecified atom stereocenters. The highest BCUT2D eigenvalue weighted by molar-refractivity contribution is 7.89. The molecule has 24 heavy (non-hydrogen) atoms. The van der Waals surface area contributed by atoms with Crippen LogP contribution in [-0.4, -0.2) is 39.6 Å². The van der Waals surface area contributed by atoms with E-state index in [4.69, 9.17) is 9.47 Å². The minimum atomic E-state index is -3.50. The van der Waals surface area contributed by atoms with Gasteiger partial charge in [-0.3, -0.25) is 0 Å². The van der Waals surface area contributed by atoms with E-state index in [-0.39, 0.29) is 6.04 Å². The molecule has 3 rings (SSSR count). The van der Waals surface area contributed by atoms with E-state index in [1.54, 1.807) is 47.0 Å². The van der Waals surface area contributed by atoms with Crippen LogP contribution in [0.15, 0.2) is 46.7 Å². The quantitative estimate of drug-likeness (QED) is 0.705.